The van der Waals surface area contributed by atoms with Crippen molar-refractivity contribution in [1.29, 1.82) is 0 Å². The van der Waals surface area contributed by atoms with Gasteiger partial charge in [-0.2, -0.15) is 0 Å². The van der Waals surface area contributed by atoms with Crippen LogP contribution in [0, 0.1) is 0 Å². The van der Waals surface area contributed by atoms with Crippen molar-refractivity contribution >= 4 is 11.7 Å². The summed E-state index contributed by atoms with van der Waals surface area (Å²) in [7, 11) is 0. The van der Waals surface area contributed by atoms with Crippen LogP contribution >= 0.6 is 0 Å². The summed E-state index contributed by atoms with van der Waals surface area (Å²) in [5, 5.41) is 3.42. The first-order valence-corrected chi connectivity index (χ1v) is 8.28. The van der Waals surface area contributed by atoms with E-state index in [1.165, 1.54) is 0 Å². The SMILES string of the molecule is CCC(=O)CCC(=O)N1CCN(CCCNC(C)C)CC1. The molecule has 122 valence electrons. The number of amides is 1. The van der Waals surface area contributed by atoms with E-state index in [2.05, 4.69) is 24.1 Å². The van der Waals surface area contributed by atoms with E-state index in [-0.39, 0.29) is 11.7 Å². The monoisotopic (exact) mass is 297 g/mol. The second-order valence-corrected chi connectivity index (χ2v) is 6.08. The van der Waals surface area contributed by atoms with Crippen LogP contribution in [0.25, 0.3) is 0 Å². The van der Waals surface area contributed by atoms with Gasteiger partial charge in [-0.25, -0.2) is 0 Å². The van der Waals surface area contributed by atoms with Crippen molar-refractivity contribution in [2.24, 2.45) is 0 Å². The van der Waals surface area contributed by atoms with Crippen LogP contribution in [0.5, 0.6) is 0 Å². The summed E-state index contributed by atoms with van der Waals surface area (Å²) in [5.74, 6) is 0.317. The quantitative estimate of drug-likeness (QED) is 0.651. The number of carbonyl (C=O) groups is 2. The summed E-state index contributed by atoms with van der Waals surface area (Å²) in [4.78, 5) is 27.6. The number of hydrogen-bond acceptors (Lipinski definition) is 4. The second-order valence-electron chi connectivity index (χ2n) is 6.08. The molecule has 1 aliphatic heterocycles. The van der Waals surface area contributed by atoms with Gasteiger partial charge in [0.05, 0.1) is 0 Å². The highest BCUT2D eigenvalue weighted by atomic mass is 16.2. The molecule has 1 N–H and O–H groups in total. The van der Waals surface area contributed by atoms with Gasteiger partial charge in [0.15, 0.2) is 0 Å². The van der Waals surface area contributed by atoms with E-state index >= 15 is 0 Å². The third-order valence-electron chi connectivity index (χ3n) is 3.94. The molecule has 0 bridgehead atoms. The van der Waals surface area contributed by atoms with Crippen LogP contribution in [0.1, 0.15) is 46.5 Å². The first-order valence-electron chi connectivity index (χ1n) is 8.28. The number of carbonyl (C=O) groups excluding carboxylic acids is 2. The van der Waals surface area contributed by atoms with E-state index in [1.54, 1.807) is 0 Å². The maximum Gasteiger partial charge on any atom is 0.223 e. The molecule has 0 atom stereocenters. The minimum absolute atomic E-state index is 0.137. The number of piperazine rings is 1. The molecule has 0 aliphatic carbocycles. The molecule has 0 unspecified atom stereocenters. The smallest absolute Gasteiger partial charge is 0.223 e. The molecule has 1 saturated heterocycles. The Bertz CT molecular complexity index is 323. The lowest BCUT2D eigenvalue weighted by molar-refractivity contribution is -0.134. The van der Waals surface area contributed by atoms with E-state index in [1.807, 2.05) is 11.8 Å². The van der Waals surface area contributed by atoms with Gasteiger partial charge in [0, 0.05) is 51.5 Å². The fraction of sp³-hybridized carbons (Fsp3) is 0.875. The van der Waals surface area contributed by atoms with Crippen LogP contribution < -0.4 is 5.32 Å². The summed E-state index contributed by atoms with van der Waals surface area (Å²) in [6, 6.07) is 0.547. The van der Waals surface area contributed by atoms with Crippen LogP contribution in [-0.2, 0) is 9.59 Å². The zero-order chi connectivity index (χ0) is 15.7. The molecule has 0 radical (unpaired) electrons. The first kappa shape index (κ1) is 18.1. The van der Waals surface area contributed by atoms with Crippen LogP contribution in [0.4, 0.5) is 0 Å². The molecule has 0 spiro atoms. The second kappa shape index (κ2) is 9.90. The average Bonchev–Trinajstić information content (AvgIpc) is 2.49. The van der Waals surface area contributed by atoms with Crippen molar-refractivity contribution in [3.05, 3.63) is 0 Å². The Hall–Kier alpha value is -0.940. The zero-order valence-electron chi connectivity index (χ0n) is 13.9. The largest absolute Gasteiger partial charge is 0.340 e. The Morgan fingerprint density at radius 2 is 1.76 bits per heavy atom. The number of hydrogen-bond donors (Lipinski definition) is 1. The molecule has 5 nitrogen and oxygen atoms in total. The first-order chi connectivity index (χ1) is 10.0. The lowest BCUT2D eigenvalue weighted by atomic mass is 10.1. The highest BCUT2D eigenvalue weighted by molar-refractivity contribution is 5.84. The lowest BCUT2D eigenvalue weighted by Crippen LogP contribution is -2.49. The minimum atomic E-state index is 0.137. The normalized spacial score (nSPS) is 16.5. The zero-order valence-corrected chi connectivity index (χ0v) is 13.9. The van der Waals surface area contributed by atoms with Crippen LogP contribution in [0.3, 0.4) is 0 Å². The number of Topliss-reactive ketones (excluding diaryl/α,β-unsaturated/α-hetero) is 1. The van der Waals surface area contributed by atoms with Crippen molar-refractivity contribution in [1.82, 2.24) is 15.1 Å². The molecule has 0 aromatic carbocycles. The molecule has 5 heteroatoms. The molecule has 1 heterocycles. The number of nitrogens with zero attached hydrogens (tertiary/aromatic N) is 2. The van der Waals surface area contributed by atoms with Gasteiger partial charge in [0.1, 0.15) is 5.78 Å². The number of nitrogens with one attached hydrogen (secondary N) is 1. The average molecular weight is 297 g/mol. The van der Waals surface area contributed by atoms with Crippen molar-refractivity contribution < 1.29 is 9.59 Å². The Kier molecular flexibility index (Phi) is 8.54. The third-order valence-corrected chi connectivity index (χ3v) is 3.94. The van der Waals surface area contributed by atoms with Gasteiger partial charge < -0.3 is 10.2 Å². The Morgan fingerprint density at radius 1 is 1.10 bits per heavy atom. The summed E-state index contributed by atoms with van der Waals surface area (Å²) in [6.07, 6.45) is 2.46. The van der Waals surface area contributed by atoms with Crippen molar-refractivity contribution in [2.75, 3.05) is 39.3 Å². The molecule has 21 heavy (non-hydrogen) atoms. The van der Waals surface area contributed by atoms with E-state index in [4.69, 9.17) is 0 Å². The molecule has 0 aromatic heterocycles. The molecule has 0 aromatic rings. The van der Waals surface area contributed by atoms with Crippen LogP contribution in [0.15, 0.2) is 0 Å². The molecular formula is C16H31N3O2. The number of rotatable bonds is 9. The molecule has 1 rings (SSSR count). The maximum atomic E-state index is 12.0. The standard InChI is InChI=1S/C16H31N3O2/c1-4-15(20)6-7-16(21)19-12-10-18(11-13-19)9-5-8-17-14(2)3/h14,17H,4-13H2,1-3H3. The van der Waals surface area contributed by atoms with E-state index in [0.29, 0.717) is 25.3 Å². The molecular weight excluding hydrogens is 266 g/mol. The van der Waals surface area contributed by atoms with E-state index < -0.39 is 0 Å². The van der Waals surface area contributed by atoms with E-state index in [0.717, 1.165) is 45.7 Å². The minimum Gasteiger partial charge on any atom is -0.340 e. The fourth-order valence-corrected chi connectivity index (χ4v) is 2.50. The van der Waals surface area contributed by atoms with Gasteiger partial charge in [-0.15, -0.1) is 0 Å². The Morgan fingerprint density at radius 3 is 2.33 bits per heavy atom. The predicted octanol–water partition coefficient (Wildman–Crippen LogP) is 1.28. The lowest BCUT2D eigenvalue weighted by Gasteiger charge is -2.34. The van der Waals surface area contributed by atoms with Gasteiger partial charge in [-0.05, 0) is 19.5 Å². The molecule has 1 amide bonds. The molecule has 1 aliphatic rings. The Balaban J connectivity index is 2.13. The van der Waals surface area contributed by atoms with Crippen molar-refractivity contribution in [3.8, 4) is 0 Å². The Labute approximate surface area is 129 Å². The molecule has 0 saturated carbocycles. The van der Waals surface area contributed by atoms with Crippen molar-refractivity contribution in [2.45, 2.75) is 52.5 Å². The van der Waals surface area contributed by atoms with Gasteiger partial charge in [0.25, 0.3) is 0 Å². The van der Waals surface area contributed by atoms with Crippen LogP contribution in [-0.4, -0.2) is 66.8 Å². The fourth-order valence-electron chi connectivity index (χ4n) is 2.50. The third kappa shape index (κ3) is 7.58. The summed E-state index contributed by atoms with van der Waals surface area (Å²) >= 11 is 0. The maximum absolute atomic E-state index is 12.0. The summed E-state index contributed by atoms with van der Waals surface area (Å²) < 4.78 is 0. The summed E-state index contributed by atoms with van der Waals surface area (Å²) in [6.45, 7) is 11.8. The predicted molar refractivity (Wildman–Crippen MR) is 85.3 cm³/mol. The van der Waals surface area contributed by atoms with Gasteiger partial charge in [-0.3, -0.25) is 14.5 Å². The van der Waals surface area contributed by atoms with E-state index in [9.17, 15) is 9.59 Å². The van der Waals surface area contributed by atoms with Crippen molar-refractivity contribution in [3.63, 3.8) is 0 Å². The number of ketones is 1. The van der Waals surface area contributed by atoms with Crippen LogP contribution in [0.2, 0.25) is 0 Å². The van der Waals surface area contributed by atoms with Gasteiger partial charge in [0.2, 0.25) is 5.91 Å². The topological polar surface area (TPSA) is 52.7 Å². The highest BCUT2D eigenvalue weighted by Crippen LogP contribution is 2.06. The van der Waals surface area contributed by atoms with Gasteiger partial charge >= 0.3 is 0 Å². The molecule has 1 fully saturated rings. The summed E-state index contributed by atoms with van der Waals surface area (Å²) in [5.41, 5.74) is 0. The van der Waals surface area contributed by atoms with Gasteiger partial charge in [-0.1, -0.05) is 20.8 Å². The highest BCUT2D eigenvalue weighted by Gasteiger charge is 2.20.